The molecule has 74 valence electrons. The van der Waals surface area contributed by atoms with Crippen LogP contribution in [0.25, 0.3) is 0 Å². The highest BCUT2D eigenvalue weighted by Crippen LogP contribution is 2.19. The summed E-state index contributed by atoms with van der Waals surface area (Å²) in [6.07, 6.45) is -3.15. The molecule has 4 nitrogen and oxygen atoms in total. The van der Waals surface area contributed by atoms with Crippen molar-refractivity contribution in [2.75, 3.05) is 0 Å². The number of alkyl halides is 2. The van der Waals surface area contributed by atoms with Gasteiger partial charge in [-0.1, -0.05) is 0 Å². The average Bonchev–Trinajstić information content (AvgIpc) is 2.09. The number of H-pyrrole nitrogens is 1. The molecule has 0 amide bonds. The van der Waals surface area contributed by atoms with E-state index in [-0.39, 0.29) is 12.0 Å². The molecule has 0 saturated carbocycles. The Balaban J connectivity index is 3.29. The topological polar surface area (TPSA) is 76.9 Å². The highest BCUT2D eigenvalue weighted by Gasteiger charge is 2.15. The van der Waals surface area contributed by atoms with E-state index in [0.29, 0.717) is 0 Å². The molecule has 0 aliphatic heterocycles. The van der Waals surface area contributed by atoms with Gasteiger partial charge in [-0.25, -0.2) is 8.78 Å². The van der Waals surface area contributed by atoms with Crippen LogP contribution in [0.4, 0.5) is 8.78 Å². The monoisotopic (exact) mass is 200 g/mol. The Bertz CT molecular complexity index is 434. The number of rotatable bonds is 2. The van der Waals surface area contributed by atoms with Gasteiger partial charge < -0.3 is 5.11 Å². The maximum Gasteiger partial charge on any atom is 0.269 e. The van der Waals surface area contributed by atoms with E-state index in [1.165, 1.54) is 0 Å². The van der Waals surface area contributed by atoms with Gasteiger partial charge in [0.25, 0.3) is 12.0 Å². The predicted octanol–water partition coefficient (Wildman–Crippen LogP) is 1.08. The molecule has 0 spiro atoms. The van der Waals surface area contributed by atoms with E-state index in [1.54, 1.807) is 6.07 Å². The standard InChI is InChI=1S/C8H6F2N2O2/c9-6(10)5-3-4(1-2-11)7(13)12-8(5)14/h3,6H,1H2,(H2,12,13,14). The van der Waals surface area contributed by atoms with Crippen LogP contribution in [0.1, 0.15) is 17.6 Å². The van der Waals surface area contributed by atoms with Crippen LogP contribution in [-0.4, -0.2) is 10.1 Å². The molecule has 0 saturated heterocycles. The summed E-state index contributed by atoms with van der Waals surface area (Å²) in [5.41, 5.74) is -1.80. The quantitative estimate of drug-likeness (QED) is 0.749. The van der Waals surface area contributed by atoms with Crippen molar-refractivity contribution in [3.05, 3.63) is 27.5 Å². The predicted molar refractivity (Wildman–Crippen MR) is 43.0 cm³/mol. The van der Waals surface area contributed by atoms with Crippen LogP contribution in [-0.2, 0) is 6.42 Å². The largest absolute Gasteiger partial charge is 0.494 e. The lowest BCUT2D eigenvalue weighted by Crippen LogP contribution is -2.13. The molecule has 6 heteroatoms. The fourth-order valence-electron chi connectivity index (χ4n) is 0.964. The lowest BCUT2D eigenvalue weighted by Gasteiger charge is -2.02. The zero-order valence-electron chi connectivity index (χ0n) is 6.92. The van der Waals surface area contributed by atoms with Crippen LogP contribution in [0, 0.1) is 11.3 Å². The summed E-state index contributed by atoms with van der Waals surface area (Å²) in [7, 11) is 0. The Morgan fingerprint density at radius 2 is 2.29 bits per heavy atom. The van der Waals surface area contributed by atoms with Crippen molar-refractivity contribution in [1.29, 1.82) is 5.26 Å². The lowest BCUT2D eigenvalue weighted by molar-refractivity contribution is 0.149. The summed E-state index contributed by atoms with van der Waals surface area (Å²) in [4.78, 5) is 12.7. The van der Waals surface area contributed by atoms with Crippen LogP contribution >= 0.6 is 0 Å². The van der Waals surface area contributed by atoms with E-state index >= 15 is 0 Å². The smallest absolute Gasteiger partial charge is 0.269 e. The normalized spacial score (nSPS) is 10.1. The summed E-state index contributed by atoms with van der Waals surface area (Å²) in [6.45, 7) is 0. The molecule has 0 aromatic carbocycles. The number of halogens is 2. The van der Waals surface area contributed by atoms with Crippen molar-refractivity contribution in [3.8, 4) is 11.9 Å². The van der Waals surface area contributed by atoms with Gasteiger partial charge in [0.15, 0.2) is 5.88 Å². The molecule has 0 aliphatic rings. The Labute approximate surface area is 77.4 Å². The summed E-state index contributed by atoms with van der Waals surface area (Å²) in [5, 5.41) is 17.4. The van der Waals surface area contributed by atoms with Gasteiger partial charge in [0.05, 0.1) is 18.1 Å². The number of aromatic hydroxyl groups is 1. The summed E-state index contributed by atoms with van der Waals surface area (Å²) >= 11 is 0. The third-order valence-corrected chi connectivity index (χ3v) is 1.63. The zero-order chi connectivity index (χ0) is 10.7. The molecule has 1 rings (SSSR count). The van der Waals surface area contributed by atoms with Gasteiger partial charge in [-0.3, -0.25) is 9.78 Å². The second-order valence-electron chi connectivity index (χ2n) is 2.56. The second kappa shape index (κ2) is 3.87. The molecule has 14 heavy (non-hydrogen) atoms. The molecule has 0 fully saturated rings. The maximum absolute atomic E-state index is 12.2. The van der Waals surface area contributed by atoms with Crippen molar-refractivity contribution >= 4 is 0 Å². The third kappa shape index (κ3) is 1.88. The number of aromatic amines is 1. The first-order valence-corrected chi connectivity index (χ1v) is 3.66. The van der Waals surface area contributed by atoms with Crippen LogP contribution in [0.3, 0.4) is 0 Å². The number of nitrogens with zero attached hydrogens (tertiary/aromatic N) is 1. The first-order valence-electron chi connectivity index (χ1n) is 3.66. The summed E-state index contributed by atoms with van der Waals surface area (Å²) in [6, 6.07) is 2.52. The average molecular weight is 200 g/mol. The fraction of sp³-hybridized carbons (Fsp3) is 0.250. The number of hydrogen-bond donors (Lipinski definition) is 2. The van der Waals surface area contributed by atoms with Gasteiger partial charge in [-0.2, -0.15) is 5.26 Å². The van der Waals surface area contributed by atoms with Crippen molar-refractivity contribution < 1.29 is 13.9 Å². The van der Waals surface area contributed by atoms with E-state index in [0.717, 1.165) is 6.07 Å². The van der Waals surface area contributed by atoms with Gasteiger partial charge in [0.2, 0.25) is 0 Å². The minimum absolute atomic E-state index is 0.0117. The molecule has 0 aliphatic carbocycles. The molecular formula is C8H6F2N2O2. The Morgan fingerprint density at radius 3 is 2.79 bits per heavy atom. The highest BCUT2D eigenvalue weighted by molar-refractivity contribution is 5.31. The Hall–Kier alpha value is -1.90. The van der Waals surface area contributed by atoms with Gasteiger partial charge in [0, 0.05) is 5.56 Å². The maximum atomic E-state index is 12.2. The number of pyridine rings is 1. The zero-order valence-corrected chi connectivity index (χ0v) is 6.92. The van der Waals surface area contributed by atoms with Gasteiger partial charge in [0.1, 0.15) is 0 Å². The summed E-state index contributed by atoms with van der Waals surface area (Å²) in [5.74, 6) is -0.541. The van der Waals surface area contributed by atoms with Crippen LogP contribution in [0.15, 0.2) is 10.9 Å². The molecule has 2 N–H and O–H groups in total. The first-order chi connectivity index (χ1) is 6.56. The van der Waals surface area contributed by atoms with Crippen molar-refractivity contribution in [2.45, 2.75) is 12.8 Å². The second-order valence-corrected chi connectivity index (χ2v) is 2.56. The van der Waals surface area contributed by atoms with Crippen molar-refractivity contribution in [3.63, 3.8) is 0 Å². The Kier molecular flexibility index (Phi) is 2.82. The number of aromatic nitrogens is 1. The van der Waals surface area contributed by atoms with Crippen LogP contribution in [0.5, 0.6) is 5.88 Å². The van der Waals surface area contributed by atoms with E-state index in [4.69, 9.17) is 10.4 Å². The molecular weight excluding hydrogens is 194 g/mol. The molecule has 0 unspecified atom stereocenters. The molecule has 1 heterocycles. The van der Waals surface area contributed by atoms with E-state index in [1.807, 2.05) is 4.98 Å². The molecule has 1 aromatic rings. The van der Waals surface area contributed by atoms with Gasteiger partial charge in [-0.15, -0.1) is 0 Å². The Morgan fingerprint density at radius 1 is 1.64 bits per heavy atom. The van der Waals surface area contributed by atoms with E-state index in [2.05, 4.69) is 0 Å². The molecule has 0 radical (unpaired) electrons. The molecule has 1 aromatic heterocycles. The number of hydrogen-bond acceptors (Lipinski definition) is 3. The van der Waals surface area contributed by atoms with E-state index in [9.17, 15) is 13.6 Å². The number of nitriles is 1. The van der Waals surface area contributed by atoms with Gasteiger partial charge >= 0.3 is 0 Å². The van der Waals surface area contributed by atoms with E-state index < -0.39 is 23.4 Å². The van der Waals surface area contributed by atoms with Crippen molar-refractivity contribution in [1.82, 2.24) is 4.98 Å². The molecule has 0 atom stereocenters. The van der Waals surface area contributed by atoms with Crippen LogP contribution < -0.4 is 5.56 Å². The highest BCUT2D eigenvalue weighted by atomic mass is 19.3. The number of nitrogens with one attached hydrogen (secondary N) is 1. The minimum atomic E-state index is -2.92. The SMILES string of the molecule is N#CCc1cc(C(F)F)c(=O)[nH]c1O. The van der Waals surface area contributed by atoms with Gasteiger partial charge in [-0.05, 0) is 6.07 Å². The molecule has 0 bridgehead atoms. The first kappa shape index (κ1) is 10.2. The third-order valence-electron chi connectivity index (χ3n) is 1.63. The lowest BCUT2D eigenvalue weighted by atomic mass is 10.1. The summed E-state index contributed by atoms with van der Waals surface area (Å²) < 4.78 is 24.4. The van der Waals surface area contributed by atoms with Crippen molar-refractivity contribution in [2.24, 2.45) is 0 Å². The fourth-order valence-corrected chi connectivity index (χ4v) is 0.964. The van der Waals surface area contributed by atoms with Crippen LogP contribution in [0.2, 0.25) is 0 Å². The minimum Gasteiger partial charge on any atom is -0.494 e.